The Balaban J connectivity index is 2.18. The number of amides is 2. The van der Waals surface area contributed by atoms with Crippen molar-refractivity contribution in [1.29, 1.82) is 0 Å². The van der Waals surface area contributed by atoms with Crippen LogP contribution in [-0.2, 0) is 11.4 Å². The number of benzene rings is 1. The van der Waals surface area contributed by atoms with Crippen LogP contribution in [0.5, 0.6) is 0 Å². The Labute approximate surface area is 214 Å². The summed E-state index contributed by atoms with van der Waals surface area (Å²) in [5.41, 5.74) is 1.64. The first-order chi connectivity index (χ1) is 17.1. The third-order valence-electron chi connectivity index (χ3n) is 6.30. The molecule has 0 bridgehead atoms. The average Bonchev–Trinajstić information content (AvgIpc) is 2.86. The van der Waals surface area contributed by atoms with Gasteiger partial charge in [-0.05, 0) is 50.7 Å². The van der Waals surface area contributed by atoms with Crippen LogP contribution in [0.3, 0.4) is 0 Å². The van der Waals surface area contributed by atoms with E-state index >= 15 is 0 Å². The topological polar surface area (TPSA) is 78.4 Å². The van der Waals surface area contributed by atoms with Crippen molar-refractivity contribution < 1.29 is 14.7 Å². The second-order valence-corrected chi connectivity index (χ2v) is 9.52. The van der Waals surface area contributed by atoms with Gasteiger partial charge >= 0.3 is 0 Å². The van der Waals surface area contributed by atoms with Crippen LogP contribution in [0, 0.1) is 0 Å². The van der Waals surface area contributed by atoms with Crippen molar-refractivity contribution in [3.8, 4) is 0 Å². The summed E-state index contributed by atoms with van der Waals surface area (Å²) in [7, 11) is 0. The predicted octanol–water partition coefficient (Wildman–Crippen LogP) is 7.68. The third-order valence-corrected chi connectivity index (χ3v) is 6.30. The van der Waals surface area contributed by atoms with E-state index in [1.165, 1.54) is 57.8 Å². The van der Waals surface area contributed by atoms with Gasteiger partial charge in [-0.3, -0.25) is 9.59 Å². The molecule has 35 heavy (non-hydrogen) atoms. The monoisotopic (exact) mass is 486 g/mol. The normalized spacial score (nSPS) is 11.2. The molecule has 198 valence electrons. The summed E-state index contributed by atoms with van der Waals surface area (Å²) in [5.74, 6) is -0.225. The first-order valence-electron chi connectivity index (χ1n) is 14.1. The molecule has 2 amide bonds. The molecule has 0 heterocycles. The van der Waals surface area contributed by atoms with Gasteiger partial charge in [-0.2, -0.15) is 0 Å². The molecular weight excluding hydrogens is 436 g/mol. The molecule has 0 saturated heterocycles. The minimum Gasteiger partial charge on any atom is -0.392 e. The Morgan fingerprint density at radius 3 is 2.03 bits per heavy atom. The quantitative estimate of drug-likeness (QED) is 0.123. The maximum Gasteiger partial charge on any atom is 0.251 e. The summed E-state index contributed by atoms with van der Waals surface area (Å²) in [5, 5.41) is 15.4. The van der Waals surface area contributed by atoms with Crippen LogP contribution in [0.4, 0.5) is 5.69 Å². The molecule has 0 unspecified atom stereocenters. The molecule has 0 aromatic heterocycles. The van der Waals surface area contributed by atoms with Crippen molar-refractivity contribution in [3.05, 3.63) is 41.5 Å². The fourth-order valence-corrected chi connectivity index (χ4v) is 4.02. The van der Waals surface area contributed by atoms with E-state index in [2.05, 4.69) is 36.6 Å². The second-order valence-electron chi connectivity index (χ2n) is 9.52. The van der Waals surface area contributed by atoms with Gasteiger partial charge in [0.25, 0.3) is 5.91 Å². The minimum atomic E-state index is -0.180. The van der Waals surface area contributed by atoms with Crippen molar-refractivity contribution in [2.45, 2.75) is 123 Å². The molecular formula is C30H50N2O3. The van der Waals surface area contributed by atoms with E-state index in [0.29, 0.717) is 29.8 Å². The number of hydrogen-bond donors (Lipinski definition) is 3. The number of rotatable bonds is 21. The van der Waals surface area contributed by atoms with E-state index < -0.39 is 0 Å². The van der Waals surface area contributed by atoms with E-state index in [1.807, 2.05) is 0 Å². The van der Waals surface area contributed by atoms with E-state index in [0.717, 1.165) is 38.5 Å². The summed E-state index contributed by atoms with van der Waals surface area (Å²) < 4.78 is 0. The standard InChI is InChI=1S/C30H50N2O3/c1-3-5-7-8-9-10-11-12-13-14-15-16-17-18-19-20-29(34)32-28-24-26(21-22-27(28)25-33)30(35)31-23-6-4-2/h12-13,21-22,24,33H,3-11,14-20,23,25H2,1-2H3,(H,31,35)(H,32,34)/b13-12-. The number of aliphatic hydroxyl groups excluding tert-OH is 1. The lowest BCUT2D eigenvalue weighted by atomic mass is 10.1. The van der Waals surface area contributed by atoms with Crippen molar-refractivity contribution in [3.63, 3.8) is 0 Å². The molecule has 1 aromatic rings. The molecule has 0 atom stereocenters. The molecule has 5 heteroatoms. The molecule has 0 radical (unpaired) electrons. The van der Waals surface area contributed by atoms with Gasteiger partial charge in [-0.15, -0.1) is 0 Å². The Kier molecular flexibility index (Phi) is 18.7. The summed E-state index contributed by atoms with van der Waals surface area (Å²) in [6.45, 7) is 4.79. The Hall–Kier alpha value is -2.14. The van der Waals surface area contributed by atoms with Crippen LogP contribution in [0.2, 0.25) is 0 Å². The van der Waals surface area contributed by atoms with Gasteiger partial charge in [-0.1, -0.05) is 89.9 Å². The van der Waals surface area contributed by atoms with Crippen LogP contribution in [-0.4, -0.2) is 23.5 Å². The van der Waals surface area contributed by atoms with E-state index in [1.54, 1.807) is 18.2 Å². The highest BCUT2D eigenvalue weighted by atomic mass is 16.3. The third kappa shape index (κ3) is 15.5. The first kappa shape index (κ1) is 30.9. The molecule has 0 aliphatic carbocycles. The molecule has 0 fully saturated rings. The summed E-state index contributed by atoms with van der Waals surface area (Å²) in [6.07, 6.45) is 23.0. The number of anilines is 1. The van der Waals surface area contributed by atoms with E-state index in [4.69, 9.17) is 0 Å². The van der Waals surface area contributed by atoms with Crippen molar-refractivity contribution in [1.82, 2.24) is 5.32 Å². The zero-order valence-electron chi connectivity index (χ0n) is 22.4. The van der Waals surface area contributed by atoms with Crippen molar-refractivity contribution in [2.75, 3.05) is 11.9 Å². The number of nitrogens with one attached hydrogen (secondary N) is 2. The zero-order valence-corrected chi connectivity index (χ0v) is 22.4. The first-order valence-corrected chi connectivity index (χ1v) is 14.1. The second kappa shape index (κ2) is 21.2. The molecule has 5 nitrogen and oxygen atoms in total. The number of hydrogen-bond acceptors (Lipinski definition) is 3. The van der Waals surface area contributed by atoms with Crippen LogP contribution < -0.4 is 10.6 Å². The number of aliphatic hydroxyl groups is 1. The van der Waals surface area contributed by atoms with Crippen LogP contribution in [0.15, 0.2) is 30.4 Å². The smallest absolute Gasteiger partial charge is 0.251 e. The highest BCUT2D eigenvalue weighted by Gasteiger charge is 2.11. The van der Waals surface area contributed by atoms with Crippen LogP contribution in [0.25, 0.3) is 0 Å². The summed E-state index contributed by atoms with van der Waals surface area (Å²) >= 11 is 0. The maximum absolute atomic E-state index is 12.4. The predicted molar refractivity (Wildman–Crippen MR) is 148 cm³/mol. The molecule has 3 N–H and O–H groups in total. The SMILES string of the molecule is CCCCCCCC/C=C\CCCCCCCC(=O)Nc1cc(C(=O)NCCCC)ccc1CO. The number of unbranched alkanes of at least 4 members (excludes halogenated alkanes) is 12. The zero-order chi connectivity index (χ0) is 25.6. The fourth-order valence-electron chi connectivity index (χ4n) is 4.02. The van der Waals surface area contributed by atoms with Gasteiger partial charge in [0.1, 0.15) is 0 Å². The Morgan fingerprint density at radius 1 is 0.800 bits per heavy atom. The molecule has 0 spiro atoms. The van der Waals surface area contributed by atoms with Crippen molar-refractivity contribution in [2.24, 2.45) is 0 Å². The lowest BCUT2D eigenvalue weighted by Gasteiger charge is -2.12. The minimum absolute atomic E-state index is 0.0686. The molecule has 1 rings (SSSR count). The Morgan fingerprint density at radius 2 is 1.40 bits per heavy atom. The van der Waals surface area contributed by atoms with E-state index in [-0.39, 0.29) is 18.4 Å². The maximum atomic E-state index is 12.4. The highest BCUT2D eigenvalue weighted by molar-refractivity contribution is 5.97. The number of carbonyl (C=O) groups excluding carboxylic acids is 2. The molecule has 0 aliphatic rings. The molecule has 0 aliphatic heterocycles. The van der Waals surface area contributed by atoms with Gasteiger partial charge in [0.2, 0.25) is 5.91 Å². The molecule has 0 saturated carbocycles. The highest BCUT2D eigenvalue weighted by Crippen LogP contribution is 2.19. The number of allylic oxidation sites excluding steroid dienone is 2. The largest absolute Gasteiger partial charge is 0.392 e. The van der Waals surface area contributed by atoms with Gasteiger partial charge in [-0.25, -0.2) is 0 Å². The van der Waals surface area contributed by atoms with Crippen LogP contribution >= 0.6 is 0 Å². The van der Waals surface area contributed by atoms with Gasteiger partial charge in [0.05, 0.1) is 6.61 Å². The Bertz CT molecular complexity index is 730. The lowest BCUT2D eigenvalue weighted by molar-refractivity contribution is -0.116. The lowest BCUT2D eigenvalue weighted by Crippen LogP contribution is -2.24. The summed E-state index contributed by atoms with van der Waals surface area (Å²) in [6, 6.07) is 5.05. The van der Waals surface area contributed by atoms with Gasteiger partial charge < -0.3 is 15.7 Å². The fraction of sp³-hybridized carbons (Fsp3) is 0.667. The van der Waals surface area contributed by atoms with Gasteiger partial charge in [0, 0.05) is 29.8 Å². The van der Waals surface area contributed by atoms with Crippen molar-refractivity contribution >= 4 is 17.5 Å². The van der Waals surface area contributed by atoms with Crippen LogP contribution in [0.1, 0.15) is 133 Å². The average molecular weight is 487 g/mol. The van der Waals surface area contributed by atoms with E-state index in [9.17, 15) is 14.7 Å². The summed E-state index contributed by atoms with van der Waals surface area (Å²) in [4.78, 5) is 24.7. The van der Waals surface area contributed by atoms with Gasteiger partial charge in [0.15, 0.2) is 0 Å². The number of carbonyl (C=O) groups is 2. The molecule has 1 aromatic carbocycles.